The lowest BCUT2D eigenvalue weighted by atomic mass is 9.89. The van der Waals surface area contributed by atoms with Crippen LogP contribution in [-0.4, -0.2) is 70.9 Å². The minimum absolute atomic E-state index is 0.0406. The summed E-state index contributed by atoms with van der Waals surface area (Å²) in [7, 11) is 1.81. The number of aromatic nitrogens is 2. The Morgan fingerprint density at radius 1 is 1.25 bits per heavy atom. The SMILES string of the molecule is Cc1c(Cl)c(C(=O)N2CCC([C@@H](C)N3CCOCC3)CC2)nn1C. The molecule has 2 aliphatic rings. The number of rotatable bonds is 3. The fraction of sp³-hybridized carbons (Fsp3) is 0.765. The molecule has 24 heavy (non-hydrogen) atoms. The number of halogens is 1. The first kappa shape index (κ1) is 17.7. The van der Waals surface area contributed by atoms with Crippen LogP contribution in [0.4, 0.5) is 0 Å². The Kier molecular flexibility index (Phi) is 5.47. The number of hydrogen-bond donors (Lipinski definition) is 0. The molecule has 7 heteroatoms. The number of hydrogen-bond acceptors (Lipinski definition) is 4. The van der Waals surface area contributed by atoms with Crippen molar-refractivity contribution in [2.24, 2.45) is 13.0 Å². The average molecular weight is 355 g/mol. The maximum absolute atomic E-state index is 12.7. The van der Waals surface area contributed by atoms with Gasteiger partial charge in [-0.1, -0.05) is 11.6 Å². The van der Waals surface area contributed by atoms with Crippen LogP contribution in [0.3, 0.4) is 0 Å². The van der Waals surface area contributed by atoms with E-state index in [4.69, 9.17) is 16.3 Å². The van der Waals surface area contributed by atoms with Crippen LogP contribution in [0.15, 0.2) is 0 Å². The molecule has 0 aliphatic carbocycles. The number of carbonyl (C=O) groups is 1. The Balaban J connectivity index is 1.58. The van der Waals surface area contributed by atoms with Gasteiger partial charge in [-0.15, -0.1) is 0 Å². The van der Waals surface area contributed by atoms with Crippen LogP contribution in [-0.2, 0) is 11.8 Å². The lowest BCUT2D eigenvalue weighted by Crippen LogP contribution is -2.49. The van der Waals surface area contributed by atoms with Crippen molar-refractivity contribution in [3.63, 3.8) is 0 Å². The van der Waals surface area contributed by atoms with Crippen LogP contribution in [0.1, 0.15) is 35.9 Å². The van der Waals surface area contributed by atoms with Gasteiger partial charge in [-0.2, -0.15) is 5.10 Å². The number of aryl methyl sites for hydroxylation is 1. The van der Waals surface area contributed by atoms with E-state index in [0.29, 0.717) is 22.7 Å². The fourth-order valence-corrected chi connectivity index (χ4v) is 3.98. The van der Waals surface area contributed by atoms with E-state index in [1.54, 1.807) is 4.68 Å². The Morgan fingerprint density at radius 3 is 2.42 bits per heavy atom. The summed E-state index contributed by atoms with van der Waals surface area (Å²) in [5.41, 5.74) is 1.21. The van der Waals surface area contributed by atoms with Crippen molar-refractivity contribution in [3.05, 3.63) is 16.4 Å². The lowest BCUT2D eigenvalue weighted by molar-refractivity contribution is -0.000989. The van der Waals surface area contributed by atoms with Crippen LogP contribution < -0.4 is 0 Å². The molecule has 1 atom stereocenters. The molecule has 2 fully saturated rings. The van der Waals surface area contributed by atoms with Crippen LogP contribution in [0.25, 0.3) is 0 Å². The normalized spacial score (nSPS) is 21.9. The van der Waals surface area contributed by atoms with Crippen molar-refractivity contribution in [3.8, 4) is 0 Å². The molecule has 0 aromatic carbocycles. The number of piperidine rings is 1. The zero-order valence-electron chi connectivity index (χ0n) is 14.8. The van der Waals surface area contributed by atoms with Gasteiger partial charge in [0.25, 0.3) is 5.91 Å². The molecule has 0 N–H and O–H groups in total. The molecule has 2 aliphatic heterocycles. The molecule has 3 rings (SSSR count). The molecule has 0 bridgehead atoms. The van der Waals surface area contributed by atoms with Gasteiger partial charge in [0.15, 0.2) is 5.69 Å². The summed E-state index contributed by atoms with van der Waals surface area (Å²) in [5.74, 6) is 0.592. The zero-order valence-corrected chi connectivity index (χ0v) is 15.6. The molecule has 3 heterocycles. The van der Waals surface area contributed by atoms with Crippen molar-refractivity contribution in [2.45, 2.75) is 32.7 Å². The third-order valence-corrected chi connectivity index (χ3v) is 6.05. The second-order valence-electron chi connectivity index (χ2n) is 6.89. The van der Waals surface area contributed by atoms with E-state index in [0.717, 1.165) is 57.9 Å². The third kappa shape index (κ3) is 3.46. The van der Waals surface area contributed by atoms with Gasteiger partial charge < -0.3 is 9.64 Å². The summed E-state index contributed by atoms with van der Waals surface area (Å²) in [4.78, 5) is 17.1. The monoisotopic (exact) mass is 354 g/mol. The molecule has 134 valence electrons. The Labute approximate surface area is 148 Å². The first-order chi connectivity index (χ1) is 11.5. The number of ether oxygens (including phenoxy) is 1. The summed E-state index contributed by atoms with van der Waals surface area (Å²) >= 11 is 6.26. The Morgan fingerprint density at radius 2 is 1.88 bits per heavy atom. The molecular formula is C17H27ClN4O2. The van der Waals surface area contributed by atoms with Crippen molar-refractivity contribution < 1.29 is 9.53 Å². The second kappa shape index (κ2) is 7.42. The molecule has 0 radical (unpaired) electrons. The standard InChI is InChI=1S/C17H27ClN4O2/c1-12(21-8-10-24-11-9-21)14-4-6-22(7-5-14)17(23)16-15(18)13(2)20(3)19-16/h12,14H,4-11H2,1-3H3/t12-/m1/s1. The highest BCUT2D eigenvalue weighted by Crippen LogP contribution is 2.27. The van der Waals surface area contributed by atoms with Gasteiger partial charge in [0.1, 0.15) is 0 Å². The Hall–Kier alpha value is -1.11. The maximum Gasteiger partial charge on any atom is 0.275 e. The highest BCUT2D eigenvalue weighted by Gasteiger charge is 2.32. The van der Waals surface area contributed by atoms with E-state index in [9.17, 15) is 4.79 Å². The number of amides is 1. The Bertz CT molecular complexity index is 590. The van der Waals surface area contributed by atoms with Crippen LogP contribution in [0.2, 0.25) is 5.02 Å². The topological polar surface area (TPSA) is 50.6 Å². The van der Waals surface area contributed by atoms with Gasteiger partial charge >= 0.3 is 0 Å². The number of morpholine rings is 1. The van der Waals surface area contributed by atoms with Gasteiger partial charge in [0, 0.05) is 39.3 Å². The summed E-state index contributed by atoms with van der Waals surface area (Å²) < 4.78 is 7.11. The summed E-state index contributed by atoms with van der Waals surface area (Å²) in [6.07, 6.45) is 2.07. The highest BCUT2D eigenvalue weighted by atomic mass is 35.5. The highest BCUT2D eigenvalue weighted by molar-refractivity contribution is 6.34. The average Bonchev–Trinajstić information content (AvgIpc) is 2.89. The minimum atomic E-state index is -0.0406. The summed E-state index contributed by atoms with van der Waals surface area (Å²) in [5, 5.41) is 4.76. The van der Waals surface area contributed by atoms with Crippen molar-refractivity contribution in [1.29, 1.82) is 0 Å². The quantitative estimate of drug-likeness (QED) is 0.832. The first-order valence-corrected chi connectivity index (χ1v) is 9.17. The second-order valence-corrected chi connectivity index (χ2v) is 7.27. The number of nitrogens with zero attached hydrogens (tertiary/aromatic N) is 4. The molecule has 0 saturated carbocycles. The first-order valence-electron chi connectivity index (χ1n) is 8.79. The summed E-state index contributed by atoms with van der Waals surface area (Å²) in [6.45, 7) is 9.45. The van der Waals surface area contributed by atoms with Crippen molar-refractivity contribution in [1.82, 2.24) is 19.6 Å². The molecule has 1 aromatic rings. The molecule has 1 amide bonds. The predicted molar refractivity (Wildman–Crippen MR) is 93.4 cm³/mol. The summed E-state index contributed by atoms with van der Waals surface area (Å²) in [6, 6.07) is 0.548. The van der Waals surface area contributed by atoms with E-state index >= 15 is 0 Å². The van der Waals surface area contributed by atoms with E-state index < -0.39 is 0 Å². The third-order valence-electron chi connectivity index (χ3n) is 5.59. The van der Waals surface area contributed by atoms with Gasteiger partial charge in [-0.25, -0.2) is 0 Å². The van der Waals surface area contributed by atoms with E-state index in [1.165, 1.54) is 0 Å². The lowest BCUT2D eigenvalue weighted by Gasteiger charge is -2.40. The van der Waals surface area contributed by atoms with E-state index in [-0.39, 0.29) is 5.91 Å². The minimum Gasteiger partial charge on any atom is -0.379 e. The van der Waals surface area contributed by atoms with E-state index in [1.807, 2.05) is 18.9 Å². The number of likely N-dealkylation sites (tertiary alicyclic amines) is 1. The van der Waals surface area contributed by atoms with Crippen molar-refractivity contribution in [2.75, 3.05) is 39.4 Å². The number of carbonyl (C=O) groups excluding carboxylic acids is 1. The van der Waals surface area contributed by atoms with Crippen LogP contribution in [0, 0.1) is 12.8 Å². The fourth-order valence-electron chi connectivity index (χ4n) is 3.74. The molecular weight excluding hydrogens is 328 g/mol. The van der Waals surface area contributed by atoms with Crippen LogP contribution >= 0.6 is 11.6 Å². The van der Waals surface area contributed by atoms with Gasteiger partial charge in [0.05, 0.1) is 23.9 Å². The van der Waals surface area contributed by atoms with Gasteiger partial charge in [-0.3, -0.25) is 14.4 Å². The molecule has 0 spiro atoms. The molecule has 2 saturated heterocycles. The molecule has 6 nitrogen and oxygen atoms in total. The maximum atomic E-state index is 12.7. The van der Waals surface area contributed by atoms with Crippen molar-refractivity contribution >= 4 is 17.5 Å². The van der Waals surface area contributed by atoms with Crippen LogP contribution in [0.5, 0.6) is 0 Å². The zero-order chi connectivity index (χ0) is 17.3. The van der Waals surface area contributed by atoms with E-state index in [2.05, 4.69) is 16.9 Å². The van der Waals surface area contributed by atoms with Gasteiger partial charge in [0.2, 0.25) is 0 Å². The van der Waals surface area contributed by atoms with Gasteiger partial charge in [-0.05, 0) is 32.6 Å². The molecule has 1 aromatic heterocycles. The predicted octanol–water partition coefficient (Wildman–Crippen LogP) is 1.95. The smallest absolute Gasteiger partial charge is 0.275 e. The largest absolute Gasteiger partial charge is 0.379 e. The molecule has 0 unspecified atom stereocenters.